The molecule has 0 spiro atoms. The summed E-state index contributed by atoms with van der Waals surface area (Å²) in [5.74, 6) is 1.22. The number of nitriles is 1. The average Bonchev–Trinajstić information content (AvgIpc) is 2.72. The first kappa shape index (κ1) is 20.8. The first-order valence-corrected chi connectivity index (χ1v) is 9.86. The van der Waals surface area contributed by atoms with Crippen LogP contribution in [0.2, 0.25) is 0 Å². The first-order chi connectivity index (χ1) is 13.1. The zero-order valence-corrected chi connectivity index (χ0v) is 16.7. The number of likely N-dealkylation sites (tertiary alicyclic amines) is 1. The van der Waals surface area contributed by atoms with Crippen LogP contribution in [0.3, 0.4) is 0 Å². The average molecular weight is 370 g/mol. The van der Waals surface area contributed by atoms with Gasteiger partial charge in [-0.05, 0) is 43.4 Å². The van der Waals surface area contributed by atoms with E-state index >= 15 is 0 Å². The minimum Gasteiger partial charge on any atom is -0.354 e. The number of rotatable bonds is 6. The molecular weight excluding hydrogens is 338 g/mol. The van der Waals surface area contributed by atoms with Crippen molar-refractivity contribution in [3.63, 3.8) is 0 Å². The van der Waals surface area contributed by atoms with Crippen LogP contribution in [0.4, 0.5) is 0 Å². The van der Waals surface area contributed by atoms with Gasteiger partial charge < -0.3 is 15.5 Å². The summed E-state index contributed by atoms with van der Waals surface area (Å²) in [6.45, 7) is 6.38. The van der Waals surface area contributed by atoms with Crippen LogP contribution in [-0.4, -0.2) is 42.9 Å². The molecule has 0 saturated carbocycles. The van der Waals surface area contributed by atoms with Gasteiger partial charge in [-0.2, -0.15) is 5.26 Å². The van der Waals surface area contributed by atoms with Crippen molar-refractivity contribution in [1.82, 2.24) is 15.5 Å². The molecule has 0 aliphatic carbocycles. The lowest BCUT2D eigenvalue weighted by molar-refractivity contribution is -0.136. The molecule has 0 unspecified atom stereocenters. The summed E-state index contributed by atoms with van der Waals surface area (Å²) < 4.78 is 0. The quantitative estimate of drug-likeness (QED) is 0.597. The van der Waals surface area contributed by atoms with Gasteiger partial charge in [0, 0.05) is 38.6 Å². The Balaban J connectivity index is 1.81. The summed E-state index contributed by atoms with van der Waals surface area (Å²) in [7, 11) is 1.76. The van der Waals surface area contributed by atoms with Crippen LogP contribution in [0.15, 0.2) is 29.3 Å². The second kappa shape index (κ2) is 10.6. The number of carbonyl (C=O) groups excluding carboxylic acids is 1. The summed E-state index contributed by atoms with van der Waals surface area (Å²) >= 11 is 0. The molecule has 2 N–H and O–H groups in total. The molecule has 1 aromatic carbocycles. The van der Waals surface area contributed by atoms with Crippen molar-refractivity contribution in [3.05, 3.63) is 35.4 Å². The number of hydrogen-bond acceptors (Lipinski definition) is 3. The standard InChI is InChI=1S/C21H31N5O/c1-4-18(5-2)20(27)26-11-9-19(10-12-26)25-21(23-3)24-15-17-8-6-7-16(13-17)14-22/h6-8,13,18-19H,4-5,9-12,15H2,1-3H3,(H2,23,24,25). The number of amides is 1. The maximum atomic E-state index is 12.5. The van der Waals surface area contributed by atoms with E-state index in [1.165, 1.54) is 0 Å². The van der Waals surface area contributed by atoms with Gasteiger partial charge in [-0.15, -0.1) is 0 Å². The van der Waals surface area contributed by atoms with Crippen LogP contribution < -0.4 is 10.6 Å². The molecule has 1 amide bonds. The zero-order valence-electron chi connectivity index (χ0n) is 16.7. The Kier molecular flexibility index (Phi) is 8.12. The van der Waals surface area contributed by atoms with Gasteiger partial charge in [0.25, 0.3) is 0 Å². The number of benzene rings is 1. The predicted octanol–water partition coefficient (Wildman–Crippen LogP) is 2.65. The Morgan fingerprint density at radius 1 is 1.33 bits per heavy atom. The molecule has 1 saturated heterocycles. The largest absolute Gasteiger partial charge is 0.354 e. The molecule has 0 aromatic heterocycles. The number of piperidine rings is 1. The molecule has 1 aromatic rings. The Morgan fingerprint density at radius 2 is 2.04 bits per heavy atom. The van der Waals surface area contributed by atoms with Gasteiger partial charge in [-0.1, -0.05) is 26.0 Å². The SMILES string of the molecule is CCC(CC)C(=O)N1CCC(NC(=NC)NCc2cccc(C#N)c2)CC1. The maximum Gasteiger partial charge on any atom is 0.225 e. The summed E-state index contributed by atoms with van der Waals surface area (Å²) in [5.41, 5.74) is 1.70. The topological polar surface area (TPSA) is 80.5 Å². The third-order valence-electron chi connectivity index (χ3n) is 5.22. The summed E-state index contributed by atoms with van der Waals surface area (Å²) in [6, 6.07) is 10.0. The predicted molar refractivity (Wildman–Crippen MR) is 108 cm³/mol. The van der Waals surface area contributed by atoms with Crippen molar-refractivity contribution < 1.29 is 4.79 Å². The molecule has 6 nitrogen and oxygen atoms in total. The van der Waals surface area contributed by atoms with Gasteiger partial charge in [-0.3, -0.25) is 9.79 Å². The van der Waals surface area contributed by atoms with Crippen molar-refractivity contribution in [3.8, 4) is 6.07 Å². The fraction of sp³-hybridized carbons (Fsp3) is 0.571. The molecule has 27 heavy (non-hydrogen) atoms. The lowest BCUT2D eigenvalue weighted by Gasteiger charge is -2.34. The maximum absolute atomic E-state index is 12.5. The number of carbonyl (C=O) groups is 1. The Hall–Kier alpha value is -2.55. The molecule has 1 fully saturated rings. The van der Waals surface area contributed by atoms with Crippen molar-refractivity contribution >= 4 is 11.9 Å². The lowest BCUT2D eigenvalue weighted by atomic mass is 9.98. The second-order valence-corrected chi connectivity index (χ2v) is 7.00. The third kappa shape index (κ3) is 5.99. The highest BCUT2D eigenvalue weighted by atomic mass is 16.2. The second-order valence-electron chi connectivity index (χ2n) is 7.00. The fourth-order valence-corrected chi connectivity index (χ4v) is 3.46. The number of nitrogens with zero attached hydrogens (tertiary/aromatic N) is 3. The van der Waals surface area contributed by atoms with Crippen molar-refractivity contribution in [1.29, 1.82) is 5.26 Å². The minimum atomic E-state index is 0.160. The number of nitrogens with one attached hydrogen (secondary N) is 2. The number of guanidine groups is 1. The molecule has 1 heterocycles. The molecule has 1 aliphatic rings. The van der Waals surface area contributed by atoms with E-state index in [1.54, 1.807) is 13.1 Å². The van der Waals surface area contributed by atoms with Crippen LogP contribution in [0.1, 0.15) is 50.7 Å². The lowest BCUT2D eigenvalue weighted by Crippen LogP contribution is -2.50. The molecule has 0 bridgehead atoms. The van der Waals surface area contributed by atoms with E-state index in [-0.39, 0.29) is 5.92 Å². The van der Waals surface area contributed by atoms with Gasteiger partial charge in [0.2, 0.25) is 5.91 Å². The van der Waals surface area contributed by atoms with Crippen LogP contribution >= 0.6 is 0 Å². The normalized spacial score (nSPS) is 15.5. The van der Waals surface area contributed by atoms with Crippen LogP contribution in [-0.2, 0) is 11.3 Å². The fourth-order valence-electron chi connectivity index (χ4n) is 3.46. The van der Waals surface area contributed by atoms with E-state index in [9.17, 15) is 4.79 Å². The molecular formula is C21H31N5O. The first-order valence-electron chi connectivity index (χ1n) is 9.86. The van der Waals surface area contributed by atoms with Crippen LogP contribution in [0, 0.1) is 17.2 Å². The molecule has 0 atom stereocenters. The van der Waals surface area contributed by atoms with E-state index in [2.05, 4.69) is 35.5 Å². The van der Waals surface area contributed by atoms with Crippen LogP contribution in [0.25, 0.3) is 0 Å². The molecule has 6 heteroatoms. The smallest absolute Gasteiger partial charge is 0.225 e. The van der Waals surface area contributed by atoms with Gasteiger partial charge in [0.1, 0.15) is 0 Å². The zero-order chi connectivity index (χ0) is 19.6. The highest BCUT2D eigenvalue weighted by Gasteiger charge is 2.26. The molecule has 0 radical (unpaired) electrons. The third-order valence-corrected chi connectivity index (χ3v) is 5.22. The molecule has 146 valence electrons. The van der Waals surface area contributed by atoms with Gasteiger partial charge >= 0.3 is 0 Å². The Morgan fingerprint density at radius 3 is 2.63 bits per heavy atom. The van der Waals surface area contributed by atoms with Gasteiger partial charge in [0.15, 0.2) is 5.96 Å². The molecule has 1 aliphatic heterocycles. The van der Waals surface area contributed by atoms with Crippen molar-refractivity contribution in [2.45, 2.75) is 52.1 Å². The summed E-state index contributed by atoms with van der Waals surface area (Å²) in [5, 5.41) is 15.8. The Labute approximate surface area is 162 Å². The molecule has 2 rings (SSSR count). The van der Waals surface area contributed by atoms with Gasteiger partial charge in [0.05, 0.1) is 11.6 Å². The minimum absolute atomic E-state index is 0.160. The highest BCUT2D eigenvalue weighted by molar-refractivity contribution is 5.80. The van der Waals surface area contributed by atoms with E-state index in [4.69, 9.17) is 5.26 Å². The van der Waals surface area contributed by atoms with E-state index in [1.807, 2.05) is 23.1 Å². The number of hydrogen-bond donors (Lipinski definition) is 2. The van der Waals surface area contributed by atoms with E-state index in [0.717, 1.165) is 50.3 Å². The summed E-state index contributed by atoms with van der Waals surface area (Å²) in [4.78, 5) is 18.8. The Bertz CT molecular complexity index is 682. The van der Waals surface area contributed by atoms with E-state index in [0.29, 0.717) is 24.1 Å². The van der Waals surface area contributed by atoms with Crippen LogP contribution in [0.5, 0.6) is 0 Å². The van der Waals surface area contributed by atoms with Gasteiger partial charge in [-0.25, -0.2) is 0 Å². The number of aliphatic imine (C=N–C) groups is 1. The summed E-state index contributed by atoms with van der Waals surface area (Å²) in [6.07, 6.45) is 3.68. The van der Waals surface area contributed by atoms with Crippen molar-refractivity contribution in [2.75, 3.05) is 20.1 Å². The monoisotopic (exact) mass is 369 g/mol. The van der Waals surface area contributed by atoms with Crippen molar-refractivity contribution in [2.24, 2.45) is 10.9 Å². The highest BCUT2D eigenvalue weighted by Crippen LogP contribution is 2.17. The van der Waals surface area contributed by atoms with E-state index < -0.39 is 0 Å².